The van der Waals surface area contributed by atoms with Gasteiger partial charge in [0.05, 0.1) is 16.0 Å². The molecule has 6 nitrogen and oxygen atoms in total. The van der Waals surface area contributed by atoms with Gasteiger partial charge < -0.3 is 15.2 Å². The van der Waals surface area contributed by atoms with Crippen molar-refractivity contribution in [2.24, 2.45) is 0 Å². The van der Waals surface area contributed by atoms with Crippen molar-refractivity contribution >= 4 is 43.2 Å². The van der Waals surface area contributed by atoms with Gasteiger partial charge in [0.25, 0.3) is 0 Å². The van der Waals surface area contributed by atoms with Gasteiger partial charge in [0, 0.05) is 37.4 Å². The molecule has 1 aliphatic heterocycles. The van der Waals surface area contributed by atoms with Gasteiger partial charge in [0.2, 0.25) is 10.0 Å². The largest absolute Gasteiger partial charge is 0.398 e. The van der Waals surface area contributed by atoms with E-state index in [1.54, 1.807) is 0 Å². The second-order valence-corrected chi connectivity index (χ2v) is 7.79. The van der Waals surface area contributed by atoms with Crippen LogP contribution in [-0.2, 0) is 19.5 Å². The number of nitrogens with one attached hydrogen (secondary N) is 1. The fourth-order valence-electron chi connectivity index (χ4n) is 2.05. The Balaban J connectivity index is 2.23. The Hall–Kier alpha value is -0.380. The van der Waals surface area contributed by atoms with Crippen molar-refractivity contribution in [2.75, 3.05) is 32.6 Å². The van der Waals surface area contributed by atoms with E-state index in [1.165, 1.54) is 19.2 Å². The van der Waals surface area contributed by atoms with Gasteiger partial charge in [0.1, 0.15) is 5.60 Å². The van der Waals surface area contributed by atoms with Gasteiger partial charge in [-0.15, -0.1) is 0 Å². The van der Waals surface area contributed by atoms with E-state index in [-0.39, 0.29) is 26.6 Å². The SMILES string of the molecule is COC1(CNS(=O)(=O)c2cc(Cl)cc(N)c2Br)CCOC1. The van der Waals surface area contributed by atoms with Crippen LogP contribution >= 0.6 is 27.5 Å². The molecule has 0 bridgehead atoms. The Morgan fingerprint density at radius 1 is 1.57 bits per heavy atom. The third kappa shape index (κ3) is 3.69. The smallest absolute Gasteiger partial charge is 0.241 e. The van der Waals surface area contributed by atoms with E-state index in [2.05, 4.69) is 20.7 Å². The molecule has 1 heterocycles. The molecule has 0 saturated carbocycles. The molecule has 1 saturated heterocycles. The monoisotopic (exact) mass is 398 g/mol. The maximum absolute atomic E-state index is 12.4. The first-order chi connectivity index (χ1) is 9.80. The highest BCUT2D eigenvalue weighted by Gasteiger charge is 2.36. The van der Waals surface area contributed by atoms with Gasteiger partial charge in [-0.25, -0.2) is 13.1 Å². The van der Waals surface area contributed by atoms with E-state index in [0.29, 0.717) is 19.6 Å². The zero-order chi connectivity index (χ0) is 15.7. The first-order valence-corrected chi connectivity index (χ1v) is 8.82. The van der Waals surface area contributed by atoms with Crippen LogP contribution in [0.25, 0.3) is 0 Å². The minimum atomic E-state index is -3.77. The lowest BCUT2D eigenvalue weighted by Gasteiger charge is -2.26. The van der Waals surface area contributed by atoms with E-state index < -0.39 is 15.6 Å². The highest BCUT2D eigenvalue weighted by molar-refractivity contribution is 9.10. The van der Waals surface area contributed by atoms with Crippen LogP contribution in [0.1, 0.15) is 6.42 Å². The molecule has 2 rings (SSSR count). The van der Waals surface area contributed by atoms with Crippen LogP contribution < -0.4 is 10.5 Å². The number of benzene rings is 1. The molecule has 9 heteroatoms. The molecule has 1 aliphatic rings. The number of hydrogen-bond acceptors (Lipinski definition) is 5. The maximum Gasteiger partial charge on any atom is 0.241 e. The zero-order valence-corrected chi connectivity index (χ0v) is 14.5. The number of nitrogen functional groups attached to an aromatic ring is 1. The average molecular weight is 400 g/mol. The molecule has 21 heavy (non-hydrogen) atoms. The Morgan fingerprint density at radius 3 is 2.86 bits per heavy atom. The minimum Gasteiger partial charge on any atom is -0.398 e. The second kappa shape index (κ2) is 6.39. The van der Waals surface area contributed by atoms with Gasteiger partial charge in [-0.3, -0.25) is 0 Å². The fraction of sp³-hybridized carbons (Fsp3) is 0.500. The summed E-state index contributed by atoms with van der Waals surface area (Å²) in [6.07, 6.45) is 0.630. The molecule has 1 atom stereocenters. The topological polar surface area (TPSA) is 90.7 Å². The van der Waals surface area contributed by atoms with Gasteiger partial charge >= 0.3 is 0 Å². The van der Waals surface area contributed by atoms with E-state index in [1.807, 2.05) is 0 Å². The number of ether oxygens (including phenoxy) is 2. The van der Waals surface area contributed by atoms with E-state index in [9.17, 15) is 8.42 Å². The Bertz CT molecular complexity index is 632. The standard InChI is InChI=1S/C12H16BrClN2O4S/c1-19-12(2-3-20-7-12)6-16-21(17,18)10-5-8(14)4-9(15)11(10)13/h4-5,16H,2-3,6-7,15H2,1H3. The molecule has 0 aromatic heterocycles. The molecule has 3 N–H and O–H groups in total. The van der Waals surface area contributed by atoms with Crippen molar-refractivity contribution in [2.45, 2.75) is 16.9 Å². The third-order valence-electron chi connectivity index (χ3n) is 3.41. The third-order valence-corrected chi connectivity index (χ3v) is 6.20. The summed E-state index contributed by atoms with van der Waals surface area (Å²) >= 11 is 9.05. The molecule has 118 valence electrons. The summed E-state index contributed by atoms with van der Waals surface area (Å²) in [5.74, 6) is 0. The number of sulfonamides is 1. The molecule has 0 amide bonds. The van der Waals surface area contributed by atoms with Crippen LogP contribution in [0.3, 0.4) is 0 Å². The zero-order valence-electron chi connectivity index (χ0n) is 11.4. The summed E-state index contributed by atoms with van der Waals surface area (Å²) in [5.41, 5.74) is 5.34. The predicted octanol–water partition coefficient (Wildman–Crippen LogP) is 1.77. The number of nitrogens with two attached hydrogens (primary N) is 1. The molecule has 0 radical (unpaired) electrons. The van der Waals surface area contributed by atoms with E-state index in [4.69, 9.17) is 26.8 Å². The highest BCUT2D eigenvalue weighted by Crippen LogP contribution is 2.32. The molecule has 1 unspecified atom stereocenters. The van der Waals surface area contributed by atoms with E-state index >= 15 is 0 Å². The van der Waals surface area contributed by atoms with Gasteiger partial charge in [-0.05, 0) is 28.1 Å². The van der Waals surface area contributed by atoms with Crippen molar-refractivity contribution in [3.05, 3.63) is 21.6 Å². The van der Waals surface area contributed by atoms with Crippen molar-refractivity contribution in [1.29, 1.82) is 0 Å². The van der Waals surface area contributed by atoms with Crippen molar-refractivity contribution < 1.29 is 17.9 Å². The Morgan fingerprint density at radius 2 is 2.29 bits per heavy atom. The fourth-order valence-corrected chi connectivity index (χ4v) is 4.45. The Labute approximate surface area is 137 Å². The number of hydrogen-bond donors (Lipinski definition) is 2. The number of anilines is 1. The van der Waals surface area contributed by atoms with Gasteiger partial charge in [0.15, 0.2) is 0 Å². The molecule has 0 spiro atoms. The van der Waals surface area contributed by atoms with Gasteiger partial charge in [-0.1, -0.05) is 11.6 Å². The number of rotatable bonds is 5. The van der Waals surface area contributed by atoms with Crippen LogP contribution in [0, 0.1) is 0 Å². The lowest BCUT2D eigenvalue weighted by molar-refractivity contribution is -0.0120. The molecule has 1 aromatic carbocycles. The molecular formula is C12H16BrClN2O4S. The normalized spacial score (nSPS) is 22.6. The molecular weight excluding hydrogens is 384 g/mol. The lowest BCUT2D eigenvalue weighted by atomic mass is 10.0. The van der Waals surface area contributed by atoms with E-state index in [0.717, 1.165) is 0 Å². The summed E-state index contributed by atoms with van der Waals surface area (Å²) in [6.45, 7) is 1.01. The van der Waals surface area contributed by atoms with Gasteiger partial charge in [-0.2, -0.15) is 0 Å². The maximum atomic E-state index is 12.4. The number of halogens is 2. The minimum absolute atomic E-state index is 0.00216. The summed E-state index contributed by atoms with van der Waals surface area (Å²) in [5, 5.41) is 0.252. The summed E-state index contributed by atoms with van der Waals surface area (Å²) in [6, 6.07) is 2.82. The quantitative estimate of drug-likeness (QED) is 0.736. The molecule has 1 aromatic rings. The van der Waals surface area contributed by atoms with Crippen LogP contribution in [0.15, 0.2) is 21.5 Å². The summed E-state index contributed by atoms with van der Waals surface area (Å²) < 4.78 is 38.3. The van der Waals surface area contributed by atoms with Crippen LogP contribution in [0.5, 0.6) is 0 Å². The predicted molar refractivity (Wildman–Crippen MR) is 83.9 cm³/mol. The lowest BCUT2D eigenvalue weighted by Crippen LogP contribution is -2.45. The van der Waals surface area contributed by atoms with Crippen molar-refractivity contribution in [1.82, 2.24) is 4.72 Å². The molecule has 1 fully saturated rings. The molecule has 0 aliphatic carbocycles. The summed E-state index contributed by atoms with van der Waals surface area (Å²) in [7, 11) is -2.23. The summed E-state index contributed by atoms with van der Waals surface area (Å²) in [4.78, 5) is -0.00216. The number of methoxy groups -OCH3 is 1. The first kappa shape index (κ1) is 17.0. The van der Waals surface area contributed by atoms with Crippen molar-refractivity contribution in [3.8, 4) is 0 Å². The average Bonchev–Trinajstić information content (AvgIpc) is 2.90. The second-order valence-electron chi connectivity index (χ2n) is 4.82. The Kier molecular flexibility index (Phi) is 5.17. The van der Waals surface area contributed by atoms with Crippen LogP contribution in [-0.4, -0.2) is 40.9 Å². The van der Waals surface area contributed by atoms with Crippen LogP contribution in [0.4, 0.5) is 5.69 Å². The van der Waals surface area contributed by atoms with Crippen LogP contribution in [0.2, 0.25) is 5.02 Å². The first-order valence-electron chi connectivity index (χ1n) is 6.17. The van der Waals surface area contributed by atoms with Crippen molar-refractivity contribution in [3.63, 3.8) is 0 Å². The highest BCUT2D eigenvalue weighted by atomic mass is 79.9.